The van der Waals surface area contributed by atoms with Crippen molar-refractivity contribution in [3.8, 4) is 0 Å². The Balaban J connectivity index is 1.31. The SMILES string of the molecule is O=C1CCC(N2Cc3c(CNC4CCC5CNCC54)cccc3C2=O)C(=O)N1. The number of imide groups is 1. The van der Waals surface area contributed by atoms with E-state index in [2.05, 4.69) is 22.0 Å². The van der Waals surface area contributed by atoms with Crippen molar-refractivity contribution in [2.75, 3.05) is 13.1 Å². The van der Waals surface area contributed by atoms with Crippen LogP contribution >= 0.6 is 0 Å². The van der Waals surface area contributed by atoms with Gasteiger partial charge in [0.05, 0.1) is 0 Å². The van der Waals surface area contributed by atoms with Gasteiger partial charge in [0.25, 0.3) is 5.91 Å². The van der Waals surface area contributed by atoms with E-state index in [4.69, 9.17) is 0 Å². The summed E-state index contributed by atoms with van der Waals surface area (Å²) in [5.74, 6) is 0.781. The Bertz CT molecular complexity index is 839. The molecule has 4 aliphatic rings. The third-order valence-electron chi connectivity index (χ3n) is 6.99. The second-order valence-electron chi connectivity index (χ2n) is 8.49. The molecule has 1 aliphatic carbocycles. The Morgan fingerprint density at radius 2 is 2.00 bits per heavy atom. The minimum atomic E-state index is -0.557. The van der Waals surface area contributed by atoms with Crippen molar-refractivity contribution in [2.24, 2.45) is 11.8 Å². The first-order valence-corrected chi connectivity index (χ1v) is 10.3. The number of nitrogens with zero attached hydrogens (tertiary/aromatic N) is 1. The van der Waals surface area contributed by atoms with Crippen molar-refractivity contribution < 1.29 is 14.4 Å². The van der Waals surface area contributed by atoms with Crippen LogP contribution in [0.5, 0.6) is 0 Å². The van der Waals surface area contributed by atoms with Crippen molar-refractivity contribution in [2.45, 2.75) is 50.9 Å². The second kappa shape index (κ2) is 6.97. The van der Waals surface area contributed by atoms with E-state index in [1.54, 1.807) is 4.90 Å². The molecule has 1 aromatic carbocycles. The summed E-state index contributed by atoms with van der Waals surface area (Å²) in [7, 11) is 0. The van der Waals surface area contributed by atoms with Crippen LogP contribution in [0.2, 0.25) is 0 Å². The van der Waals surface area contributed by atoms with E-state index in [0.717, 1.165) is 36.7 Å². The van der Waals surface area contributed by atoms with Crippen LogP contribution in [0.1, 0.15) is 47.2 Å². The van der Waals surface area contributed by atoms with Crippen molar-refractivity contribution in [1.82, 2.24) is 20.9 Å². The van der Waals surface area contributed by atoms with Crippen molar-refractivity contribution >= 4 is 17.7 Å². The molecule has 7 nitrogen and oxygen atoms in total. The molecule has 3 amide bonds. The van der Waals surface area contributed by atoms with E-state index in [-0.39, 0.29) is 24.1 Å². The second-order valence-corrected chi connectivity index (χ2v) is 8.49. The summed E-state index contributed by atoms with van der Waals surface area (Å²) < 4.78 is 0. The van der Waals surface area contributed by atoms with E-state index in [1.165, 1.54) is 12.8 Å². The topological polar surface area (TPSA) is 90.5 Å². The summed E-state index contributed by atoms with van der Waals surface area (Å²) in [4.78, 5) is 38.2. The van der Waals surface area contributed by atoms with Gasteiger partial charge in [-0.15, -0.1) is 0 Å². The van der Waals surface area contributed by atoms with Crippen LogP contribution in [0.15, 0.2) is 18.2 Å². The molecule has 3 N–H and O–H groups in total. The minimum absolute atomic E-state index is 0.104. The van der Waals surface area contributed by atoms with Gasteiger partial charge in [0.15, 0.2) is 0 Å². The molecule has 3 heterocycles. The molecule has 28 heavy (non-hydrogen) atoms. The number of nitrogens with one attached hydrogen (secondary N) is 3. The Morgan fingerprint density at radius 1 is 1.11 bits per heavy atom. The van der Waals surface area contributed by atoms with E-state index in [1.807, 2.05) is 12.1 Å². The summed E-state index contributed by atoms with van der Waals surface area (Å²) in [5, 5.41) is 9.59. The number of hydrogen-bond acceptors (Lipinski definition) is 5. The predicted molar refractivity (Wildman–Crippen MR) is 102 cm³/mol. The molecule has 5 rings (SSSR count). The van der Waals surface area contributed by atoms with Gasteiger partial charge < -0.3 is 15.5 Å². The summed E-state index contributed by atoms with van der Waals surface area (Å²) in [5.41, 5.74) is 2.84. The van der Waals surface area contributed by atoms with Crippen LogP contribution in [0.3, 0.4) is 0 Å². The Hall–Kier alpha value is -2.25. The molecule has 7 heteroatoms. The number of carbonyl (C=O) groups is 3. The highest BCUT2D eigenvalue weighted by Gasteiger charge is 2.41. The highest BCUT2D eigenvalue weighted by atomic mass is 16.2. The molecule has 148 valence electrons. The van der Waals surface area contributed by atoms with Gasteiger partial charge in [0.2, 0.25) is 11.8 Å². The molecule has 1 aromatic rings. The fourth-order valence-electron chi connectivity index (χ4n) is 5.46. The maximum absolute atomic E-state index is 12.9. The molecular formula is C21H26N4O3. The van der Waals surface area contributed by atoms with Crippen molar-refractivity contribution in [1.29, 1.82) is 0 Å². The molecule has 0 radical (unpaired) electrons. The molecule has 1 saturated carbocycles. The lowest BCUT2D eigenvalue weighted by molar-refractivity contribution is -0.136. The number of benzene rings is 1. The third kappa shape index (κ3) is 2.93. The van der Waals surface area contributed by atoms with Crippen LogP contribution in [-0.4, -0.2) is 47.8 Å². The fourth-order valence-corrected chi connectivity index (χ4v) is 5.46. The lowest BCUT2D eigenvalue weighted by atomic mass is 9.97. The third-order valence-corrected chi connectivity index (χ3v) is 6.99. The maximum atomic E-state index is 12.9. The van der Waals surface area contributed by atoms with Gasteiger partial charge in [0.1, 0.15) is 6.04 Å². The molecule has 0 bridgehead atoms. The summed E-state index contributed by atoms with van der Waals surface area (Å²) in [6, 6.07) is 5.82. The van der Waals surface area contributed by atoms with Crippen LogP contribution in [0.4, 0.5) is 0 Å². The van der Waals surface area contributed by atoms with Crippen molar-refractivity contribution in [3.05, 3.63) is 34.9 Å². The molecule has 2 saturated heterocycles. The van der Waals surface area contributed by atoms with Gasteiger partial charge in [-0.25, -0.2) is 0 Å². The first kappa shape index (κ1) is 17.8. The monoisotopic (exact) mass is 382 g/mol. The molecule has 0 spiro atoms. The lowest BCUT2D eigenvalue weighted by Crippen LogP contribution is -2.52. The number of amides is 3. The number of rotatable bonds is 4. The number of fused-ring (bicyclic) bond motifs is 2. The zero-order valence-electron chi connectivity index (χ0n) is 15.9. The smallest absolute Gasteiger partial charge is 0.255 e. The quantitative estimate of drug-likeness (QED) is 0.661. The first-order chi connectivity index (χ1) is 13.6. The summed E-state index contributed by atoms with van der Waals surface area (Å²) in [6.07, 6.45) is 3.18. The number of carbonyl (C=O) groups excluding carboxylic acids is 3. The first-order valence-electron chi connectivity index (χ1n) is 10.3. The Morgan fingerprint density at radius 3 is 2.86 bits per heavy atom. The van der Waals surface area contributed by atoms with E-state index in [0.29, 0.717) is 30.5 Å². The highest BCUT2D eigenvalue weighted by Crippen LogP contribution is 2.35. The van der Waals surface area contributed by atoms with Gasteiger partial charge in [-0.1, -0.05) is 12.1 Å². The van der Waals surface area contributed by atoms with Crippen LogP contribution in [0.25, 0.3) is 0 Å². The maximum Gasteiger partial charge on any atom is 0.255 e. The summed E-state index contributed by atoms with van der Waals surface area (Å²) in [6.45, 7) is 3.42. The molecular weight excluding hydrogens is 356 g/mol. The lowest BCUT2D eigenvalue weighted by Gasteiger charge is -2.29. The van der Waals surface area contributed by atoms with Crippen LogP contribution < -0.4 is 16.0 Å². The standard InChI is InChI=1S/C21H26N4O3/c26-19-7-6-18(20(27)24-19)25-11-16-12(2-1-3-14(16)21(25)28)9-23-17-5-4-13-8-22-10-15(13)17/h1-3,13,15,17-18,22-23H,4-11H2,(H,24,26,27). The van der Waals surface area contributed by atoms with Crippen LogP contribution in [-0.2, 0) is 22.7 Å². The normalized spacial score (nSPS) is 31.9. The number of piperidine rings is 1. The van der Waals surface area contributed by atoms with Gasteiger partial charge in [0, 0.05) is 31.1 Å². The summed E-state index contributed by atoms with van der Waals surface area (Å²) >= 11 is 0. The van der Waals surface area contributed by atoms with Gasteiger partial charge in [-0.05, 0) is 61.4 Å². The Kier molecular flexibility index (Phi) is 4.44. The molecule has 4 atom stereocenters. The average Bonchev–Trinajstić information content (AvgIpc) is 3.36. The largest absolute Gasteiger partial charge is 0.322 e. The predicted octanol–water partition coefficient (Wildman–Crippen LogP) is 0.535. The minimum Gasteiger partial charge on any atom is -0.322 e. The van der Waals surface area contributed by atoms with Gasteiger partial charge >= 0.3 is 0 Å². The van der Waals surface area contributed by atoms with E-state index >= 15 is 0 Å². The van der Waals surface area contributed by atoms with E-state index < -0.39 is 6.04 Å². The van der Waals surface area contributed by atoms with E-state index in [9.17, 15) is 14.4 Å². The van der Waals surface area contributed by atoms with Gasteiger partial charge in [-0.2, -0.15) is 0 Å². The average molecular weight is 382 g/mol. The van der Waals surface area contributed by atoms with Crippen LogP contribution in [0, 0.1) is 11.8 Å². The number of hydrogen-bond donors (Lipinski definition) is 3. The zero-order chi connectivity index (χ0) is 19.3. The fraction of sp³-hybridized carbons (Fsp3) is 0.571. The molecule has 4 unspecified atom stereocenters. The molecule has 3 fully saturated rings. The van der Waals surface area contributed by atoms with Crippen molar-refractivity contribution in [3.63, 3.8) is 0 Å². The molecule has 0 aromatic heterocycles. The van der Waals surface area contributed by atoms with Gasteiger partial charge in [-0.3, -0.25) is 19.7 Å². The highest BCUT2D eigenvalue weighted by molar-refractivity contribution is 6.05. The molecule has 3 aliphatic heterocycles. The Labute approximate surface area is 164 Å². The zero-order valence-corrected chi connectivity index (χ0v) is 15.9.